The summed E-state index contributed by atoms with van der Waals surface area (Å²) in [6.07, 6.45) is -1.46. The molecule has 0 saturated heterocycles. The maximum atomic E-state index is 11.9. The molecule has 0 aliphatic carbocycles. The summed E-state index contributed by atoms with van der Waals surface area (Å²) < 4.78 is 0. The summed E-state index contributed by atoms with van der Waals surface area (Å²) in [5.41, 5.74) is 1.56. The highest BCUT2D eigenvalue weighted by Crippen LogP contribution is 2.14. The van der Waals surface area contributed by atoms with Gasteiger partial charge in [-0.15, -0.1) is 0 Å². The van der Waals surface area contributed by atoms with Crippen LogP contribution in [-0.4, -0.2) is 47.8 Å². The van der Waals surface area contributed by atoms with Crippen molar-refractivity contribution in [2.24, 2.45) is 0 Å². The van der Waals surface area contributed by atoms with Gasteiger partial charge in [-0.2, -0.15) is 0 Å². The number of nitrogens with zero attached hydrogens (tertiary/aromatic N) is 1. The van der Waals surface area contributed by atoms with Crippen LogP contribution in [0.25, 0.3) is 0 Å². The van der Waals surface area contributed by atoms with E-state index >= 15 is 0 Å². The molecule has 21 heavy (non-hydrogen) atoms. The van der Waals surface area contributed by atoms with Crippen molar-refractivity contribution in [2.75, 3.05) is 24.5 Å². The Balaban J connectivity index is 2.53. The number of anilines is 1. The molecule has 0 spiro atoms. The maximum absolute atomic E-state index is 11.9. The lowest BCUT2D eigenvalue weighted by molar-refractivity contribution is -0.146. The van der Waals surface area contributed by atoms with Crippen molar-refractivity contribution in [3.8, 4) is 0 Å². The van der Waals surface area contributed by atoms with Gasteiger partial charge in [-0.1, -0.05) is 0 Å². The molecular formula is C15H22N2O4. The molecule has 116 valence electrons. The first-order valence-electron chi connectivity index (χ1n) is 7.03. The molecule has 6 heteroatoms. The molecule has 0 saturated carbocycles. The van der Waals surface area contributed by atoms with Crippen LogP contribution >= 0.6 is 0 Å². The molecule has 1 rings (SSSR count). The van der Waals surface area contributed by atoms with E-state index < -0.39 is 12.1 Å². The van der Waals surface area contributed by atoms with E-state index in [-0.39, 0.29) is 18.9 Å². The summed E-state index contributed by atoms with van der Waals surface area (Å²) in [4.78, 5) is 24.5. The van der Waals surface area contributed by atoms with Gasteiger partial charge in [0.1, 0.15) is 0 Å². The molecule has 0 bridgehead atoms. The minimum atomic E-state index is -1.45. The Morgan fingerprint density at radius 2 is 1.76 bits per heavy atom. The highest BCUT2D eigenvalue weighted by atomic mass is 16.4. The molecule has 1 aromatic carbocycles. The first-order valence-corrected chi connectivity index (χ1v) is 7.03. The van der Waals surface area contributed by atoms with E-state index in [4.69, 9.17) is 10.2 Å². The van der Waals surface area contributed by atoms with Gasteiger partial charge < -0.3 is 20.4 Å². The number of amides is 1. The Bertz CT molecular complexity index is 469. The number of benzene rings is 1. The van der Waals surface area contributed by atoms with Crippen LogP contribution in [-0.2, 0) is 4.79 Å². The van der Waals surface area contributed by atoms with Crippen LogP contribution in [0, 0.1) is 0 Å². The molecular weight excluding hydrogens is 272 g/mol. The molecule has 1 atom stereocenters. The van der Waals surface area contributed by atoms with E-state index in [9.17, 15) is 9.59 Å². The molecule has 0 aliphatic heterocycles. The quantitative estimate of drug-likeness (QED) is 0.668. The van der Waals surface area contributed by atoms with E-state index in [2.05, 4.69) is 24.1 Å². The van der Waals surface area contributed by atoms with E-state index in [0.717, 1.165) is 18.8 Å². The fourth-order valence-corrected chi connectivity index (χ4v) is 1.96. The number of rotatable bonds is 8. The molecule has 3 N–H and O–H groups in total. The number of carboxylic acids is 1. The van der Waals surface area contributed by atoms with Gasteiger partial charge in [0.25, 0.3) is 5.91 Å². The van der Waals surface area contributed by atoms with Crippen molar-refractivity contribution >= 4 is 17.6 Å². The average molecular weight is 294 g/mol. The van der Waals surface area contributed by atoms with Gasteiger partial charge in [-0.25, -0.2) is 4.79 Å². The standard InChI is InChI=1S/C15H22N2O4/c1-3-17(4-2)12-7-5-11(6-8-12)14(19)16-10-9-13(18)15(20)21/h5-8,13,18H,3-4,9-10H2,1-2H3,(H,16,19)(H,20,21)/t13-/m0/s1. The fourth-order valence-electron chi connectivity index (χ4n) is 1.96. The Morgan fingerprint density at radius 1 is 1.19 bits per heavy atom. The predicted octanol–water partition coefficient (Wildman–Crippen LogP) is 1.10. The second kappa shape index (κ2) is 8.26. The first-order chi connectivity index (χ1) is 9.99. The van der Waals surface area contributed by atoms with E-state index in [1.807, 2.05) is 12.1 Å². The van der Waals surface area contributed by atoms with Gasteiger partial charge in [0.2, 0.25) is 0 Å². The topological polar surface area (TPSA) is 89.9 Å². The smallest absolute Gasteiger partial charge is 0.332 e. The molecule has 0 aromatic heterocycles. The SMILES string of the molecule is CCN(CC)c1ccc(C(=O)NCC[C@H](O)C(=O)O)cc1. The summed E-state index contributed by atoms with van der Waals surface area (Å²) in [5.74, 6) is -1.56. The largest absolute Gasteiger partial charge is 0.479 e. The van der Waals surface area contributed by atoms with Crippen LogP contribution in [0.5, 0.6) is 0 Å². The number of nitrogens with one attached hydrogen (secondary N) is 1. The number of aliphatic hydroxyl groups excluding tert-OH is 1. The Kier molecular flexibility index (Phi) is 6.68. The average Bonchev–Trinajstić information content (AvgIpc) is 2.48. The Labute approximate surface area is 124 Å². The monoisotopic (exact) mass is 294 g/mol. The van der Waals surface area contributed by atoms with Gasteiger partial charge in [-0.3, -0.25) is 4.79 Å². The zero-order valence-corrected chi connectivity index (χ0v) is 12.4. The van der Waals surface area contributed by atoms with Crippen LogP contribution in [0.2, 0.25) is 0 Å². The van der Waals surface area contributed by atoms with Crippen molar-refractivity contribution in [3.63, 3.8) is 0 Å². The Hall–Kier alpha value is -2.08. The number of carboxylic acid groups (broad SMARTS) is 1. The van der Waals surface area contributed by atoms with Crippen LogP contribution in [0.15, 0.2) is 24.3 Å². The fraction of sp³-hybridized carbons (Fsp3) is 0.467. The minimum absolute atomic E-state index is 0.0153. The van der Waals surface area contributed by atoms with E-state index in [0.29, 0.717) is 5.56 Å². The third-order valence-corrected chi connectivity index (χ3v) is 3.25. The summed E-state index contributed by atoms with van der Waals surface area (Å²) in [6.45, 7) is 6.05. The molecule has 0 radical (unpaired) electrons. The number of carbonyl (C=O) groups excluding carboxylic acids is 1. The number of hydrogen-bond donors (Lipinski definition) is 3. The van der Waals surface area contributed by atoms with Crippen LogP contribution in [0.1, 0.15) is 30.6 Å². The maximum Gasteiger partial charge on any atom is 0.332 e. The van der Waals surface area contributed by atoms with Crippen LogP contribution in [0.3, 0.4) is 0 Å². The molecule has 6 nitrogen and oxygen atoms in total. The normalized spacial score (nSPS) is 11.8. The molecule has 1 aromatic rings. The summed E-state index contributed by atoms with van der Waals surface area (Å²) in [7, 11) is 0. The summed E-state index contributed by atoms with van der Waals surface area (Å²) in [5, 5.41) is 20.2. The third-order valence-electron chi connectivity index (χ3n) is 3.25. The van der Waals surface area contributed by atoms with Crippen LogP contribution < -0.4 is 10.2 Å². The number of aliphatic hydroxyl groups is 1. The zero-order valence-electron chi connectivity index (χ0n) is 12.4. The predicted molar refractivity (Wildman–Crippen MR) is 80.6 cm³/mol. The lowest BCUT2D eigenvalue weighted by Gasteiger charge is -2.21. The van der Waals surface area contributed by atoms with Gasteiger partial charge in [0.15, 0.2) is 6.10 Å². The highest BCUT2D eigenvalue weighted by Gasteiger charge is 2.13. The van der Waals surface area contributed by atoms with Crippen molar-refractivity contribution < 1.29 is 19.8 Å². The van der Waals surface area contributed by atoms with Crippen molar-refractivity contribution in [1.82, 2.24) is 5.32 Å². The van der Waals surface area contributed by atoms with Crippen molar-refractivity contribution in [3.05, 3.63) is 29.8 Å². The molecule has 1 amide bonds. The minimum Gasteiger partial charge on any atom is -0.479 e. The summed E-state index contributed by atoms with van der Waals surface area (Å²) in [6, 6.07) is 7.23. The molecule has 0 unspecified atom stereocenters. The number of aliphatic carboxylic acids is 1. The number of hydrogen-bond acceptors (Lipinski definition) is 4. The second-order valence-corrected chi connectivity index (χ2v) is 4.62. The van der Waals surface area contributed by atoms with E-state index in [1.54, 1.807) is 12.1 Å². The first kappa shape index (κ1) is 17.0. The highest BCUT2D eigenvalue weighted by molar-refractivity contribution is 5.94. The lowest BCUT2D eigenvalue weighted by atomic mass is 10.1. The van der Waals surface area contributed by atoms with E-state index in [1.165, 1.54) is 0 Å². The molecule has 0 aliphatic rings. The second-order valence-electron chi connectivity index (χ2n) is 4.62. The van der Waals surface area contributed by atoms with Gasteiger partial charge in [-0.05, 0) is 38.1 Å². The number of carbonyl (C=O) groups is 2. The molecule has 0 heterocycles. The summed E-state index contributed by atoms with van der Waals surface area (Å²) >= 11 is 0. The van der Waals surface area contributed by atoms with Gasteiger partial charge in [0.05, 0.1) is 0 Å². The Morgan fingerprint density at radius 3 is 2.24 bits per heavy atom. The van der Waals surface area contributed by atoms with Gasteiger partial charge in [0, 0.05) is 37.3 Å². The van der Waals surface area contributed by atoms with Crippen molar-refractivity contribution in [2.45, 2.75) is 26.4 Å². The lowest BCUT2D eigenvalue weighted by Crippen LogP contribution is -2.30. The third kappa shape index (κ3) is 5.07. The van der Waals surface area contributed by atoms with Crippen molar-refractivity contribution in [1.29, 1.82) is 0 Å². The van der Waals surface area contributed by atoms with Crippen LogP contribution in [0.4, 0.5) is 5.69 Å². The van der Waals surface area contributed by atoms with Gasteiger partial charge >= 0.3 is 5.97 Å². The molecule has 0 fully saturated rings. The zero-order chi connectivity index (χ0) is 15.8.